The Hall–Kier alpha value is -0.970. The van der Waals surface area contributed by atoms with Crippen molar-refractivity contribution in [1.82, 2.24) is 5.32 Å². The van der Waals surface area contributed by atoms with E-state index in [0.717, 1.165) is 0 Å². The predicted molar refractivity (Wildman–Crippen MR) is 45.8 cm³/mol. The van der Waals surface area contributed by atoms with Gasteiger partial charge < -0.3 is 9.73 Å². The summed E-state index contributed by atoms with van der Waals surface area (Å²) >= 11 is 0. The van der Waals surface area contributed by atoms with Crippen LogP contribution < -0.4 is 5.32 Å². The molecule has 0 amide bonds. The second-order valence-corrected chi connectivity index (χ2v) is 3.06. The molecule has 80 valence electrons. The van der Waals surface area contributed by atoms with Gasteiger partial charge in [0, 0.05) is 6.54 Å². The quantitative estimate of drug-likeness (QED) is 0.821. The van der Waals surface area contributed by atoms with Crippen LogP contribution in [-0.4, -0.2) is 12.7 Å². The van der Waals surface area contributed by atoms with Gasteiger partial charge in [0.05, 0.1) is 18.7 Å². The monoisotopic (exact) mass is 207 g/mol. The lowest BCUT2D eigenvalue weighted by atomic mass is 10.2. The van der Waals surface area contributed by atoms with Gasteiger partial charge in [0.1, 0.15) is 5.76 Å². The summed E-state index contributed by atoms with van der Waals surface area (Å²) < 4.78 is 40.4. The molecule has 1 heterocycles. The second kappa shape index (κ2) is 4.50. The maximum Gasteiger partial charge on any atom is 0.390 e. The molecule has 0 fully saturated rings. The van der Waals surface area contributed by atoms with Crippen molar-refractivity contribution in [2.75, 3.05) is 6.54 Å². The first-order valence-corrected chi connectivity index (χ1v) is 4.32. The van der Waals surface area contributed by atoms with Gasteiger partial charge in [0.2, 0.25) is 0 Å². The van der Waals surface area contributed by atoms with Gasteiger partial charge in [-0.2, -0.15) is 13.2 Å². The lowest BCUT2D eigenvalue weighted by Crippen LogP contribution is -2.24. The fourth-order valence-corrected chi connectivity index (χ4v) is 1.07. The van der Waals surface area contributed by atoms with Crippen LogP contribution in [0.1, 0.15) is 25.1 Å². The van der Waals surface area contributed by atoms with Crippen molar-refractivity contribution in [1.29, 1.82) is 0 Å². The van der Waals surface area contributed by atoms with Crippen LogP contribution in [-0.2, 0) is 0 Å². The fourth-order valence-electron chi connectivity index (χ4n) is 1.07. The zero-order chi connectivity index (χ0) is 10.6. The third-order valence-corrected chi connectivity index (χ3v) is 1.83. The van der Waals surface area contributed by atoms with Crippen LogP contribution in [0.15, 0.2) is 22.8 Å². The summed E-state index contributed by atoms with van der Waals surface area (Å²) in [5, 5.41) is 2.73. The number of rotatable bonds is 4. The van der Waals surface area contributed by atoms with Crippen LogP contribution in [0.2, 0.25) is 0 Å². The van der Waals surface area contributed by atoms with Gasteiger partial charge in [-0.05, 0) is 19.1 Å². The first-order chi connectivity index (χ1) is 6.49. The molecule has 0 aliphatic heterocycles. The molecule has 1 N–H and O–H groups in total. The molecule has 2 nitrogen and oxygen atoms in total. The normalized spacial score (nSPS) is 14.3. The molecular formula is C9H12F3NO. The average Bonchev–Trinajstić information content (AvgIpc) is 2.53. The Kier molecular flexibility index (Phi) is 3.57. The third-order valence-electron chi connectivity index (χ3n) is 1.83. The Morgan fingerprint density at radius 2 is 2.21 bits per heavy atom. The van der Waals surface area contributed by atoms with Crippen molar-refractivity contribution in [2.24, 2.45) is 0 Å². The van der Waals surface area contributed by atoms with Gasteiger partial charge in [-0.3, -0.25) is 0 Å². The number of furan rings is 1. The van der Waals surface area contributed by atoms with Crippen LogP contribution in [0.25, 0.3) is 0 Å². The molecule has 0 aliphatic rings. The van der Waals surface area contributed by atoms with Crippen molar-refractivity contribution >= 4 is 0 Å². The average molecular weight is 207 g/mol. The van der Waals surface area contributed by atoms with E-state index >= 15 is 0 Å². The predicted octanol–water partition coefficient (Wildman–Crippen LogP) is 2.88. The highest BCUT2D eigenvalue weighted by molar-refractivity contribution is 5.02. The van der Waals surface area contributed by atoms with Gasteiger partial charge in [0.15, 0.2) is 0 Å². The summed E-state index contributed by atoms with van der Waals surface area (Å²) in [4.78, 5) is 0. The number of hydrogen-bond donors (Lipinski definition) is 1. The standard InChI is InChI=1S/C9H12F3NO/c1-7(8-3-2-6-14-8)13-5-4-9(10,11)12/h2-3,6-7,13H,4-5H2,1H3. The van der Waals surface area contributed by atoms with Gasteiger partial charge in [-0.1, -0.05) is 0 Å². The number of halogens is 3. The Morgan fingerprint density at radius 1 is 1.50 bits per heavy atom. The molecule has 5 heteroatoms. The summed E-state index contributed by atoms with van der Waals surface area (Å²) in [5.74, 6) is 0.646. The van der Waals surface area contributed by atoms with Crippen molar-refractivity contribution in [2.45, 2.75) is 25.6 Å². The minimum Gasteiger partial charge on any atom is -0.468 e. The van der Waals surface area contributed by atoms with E-state index in [0.29, 0.717) is 5.76 Å². The minimum absolute atomic E-state index is 0.0919. The molecular weight excluding hydrogens is 195 g/mol. The largest absolute Gasteiger partial charge is 0.468 e. The lowest BCUT2D eigenvalue weighted by molar-refractivity contribution is -0.133. The molecule has 0 aromatic carbocycles. The van der Waals surface area contributed by atoms with Gasteiger partial charge in [-0.25, -0.2) is 0 Å². The Bertz CT molecular complexity index is 256. The van der Waals surface area contributed by atoms with Gasteiger partial charge >= 0.3 is 6.18 Å². The van der Waals surface area contributed by atoms with E-state index in [2.05, 4.69) is 5.32 Å². The minimum atomic E-state index is -4.10. The van der Waals surface area contributed by atoms with Crippen molar-refractivity contribution < 1.29 is 17.6 Å². The molecule has 0 saturated heterocycles. The molecule has 0 aliphatic carbocycles. The first-order valence-electron chi connectivity index (χ1n) is 4.32. The number of alkyl halides is 3. The molecule has 1 rings (SSSR count). The topological polar surface area (TPSA) is 25.2 Å². The molecule has 1 aromatic rings. The highest BCUT2D eigenvalue weighted by atomic mass is 19.4. The Labute approximate surface area is 80.1 Å². The molecule has 0 radical (unpaired) electrons. The van der Waals surface area contributed by atoms with Crippen LogP contribution in [0, 0.1) is 0 Å². The molecule has 1 atom stereocenters. The van der Waals surface area contributed by atoms with E-state index in [-0.39, 0.29) is 12.6 Å². The zero-order valence-corrected chi connectivity index (χ0v) is 7.77. The van der Waals surface area contributed by atoms with E-state index in [9.17, 15) is 13.2 Å². The van der Waals surface area contributed by atoms with E-state index in [4.69, 9.17) is 4.42 Å². The Morgan fingerprint density at radius 3 is 2.71 bits per heavy atom. The molecule has 0 spiro atoms. The van der Waals surface area contributed by atoms with Crippen molar-refractivity contribution in [3.8, 4) is 0 Å². The highest BCUT2D eigenvalue weighted by Gasteiger charge is 2.26. The van der Waals surface area contributed by atoms with Crippen LogP contribution >= 0.6 is 0 Å². The van der Waals surface area contributed by atoms with Crippen LogP contribution in [0.4, 0.5) is 13.2 Å². The van der Waals surface area contributed by atoms with Crippen molar-refractivity contribution in [3.63, 3.8) is 0 Å². The molecule has 0 bridgehead atoms. The summed E-state index contributed by atoms with van der Waals surface area (Å²) in [5.41, 5.74) is 0. The SMILES string of the molecule is CC(NCCC(F)(F)F)c1ccco1. The summed E-state index contributed by atoms with van der Waals surface area (Å²) in [6, 6.07) is 3.25. The van der Waals surface area contributed by atoms with Gasteiger partial charge in [-0.15, -0.1) is 0 Å². The third kappa shape index (κ3) is 3.83. The number of hydrogen-bond acceptors (Lipinski definition) is 2. The smallest absolute Gasteiger partial charge is 0.390 e. The first kappa shape index (κ1) is 11.1. The Balaban J connectivity index is 2.26. The van der Waals surface area contributed by atoms with E-state index in [1.165, 1.54) is 6.26 Å². The summed E-state index contributed by atoms with van der Waals surface area (Å²) in [6.07, 6.45) is -3.43. The van der Waals surface area contributed by atoms with Crippen LogP contribution in [0.3, 0.4) is 0 Å². The molecule has 0 saturated carbocycles. The highest BCUT2D eigenvalue weighted by Crippen LogP contribution is 2.19. The van der Waals surface area contributed by atoms with Crippen LogP contribution in [0.5, 0.6) is 0 Å². The fraction of sp³-hybridized carbons (Fsp3) is 0.556. The summed E-state index contributed by atoms with van der Waals surface area (Å²) in [6.45, 7) is 1.67. The van der Waals surface area contributed by atoms with Gasteiger partial charge in [0.25, 0.3) is 0 Å². The summed E-state index contributed by atoms with van der Waals surface area (Å²) in [7, 11) is 0. The molecule has 1 unspecified atom stereocenters. The van der Waals surface area contributed by atoms with Crippen molar-refractivity contribution in [3.05, 3.63) is 24.2 Å². The zero-order valence-electron chi connectivity index (χ0n) is 7.77. The number of nitrogens with one attached hydrogen (secondary N) is 1. The maximum absolute atomic E-state index is 11.8. The van der Waals surface area contributed by atoms with E-state index in [1.54, 1.807) is 19.1 Å². The van der Waals surface area contributed by atoms with E-state index in [1.807, 2.05) is 0 Å². The lowest BCUT2D eigenvalue weighted by Gasteiger charge is -2.12. The maximum atomic E-state index is 11.8. The molecule has 14 heavy (non-hydrogen) atoms. The molecule has 1 aromatic heterocycles. The second-order valence-electron chi connectivity index (χ2n) is 3.06. The van der Waals surface area contributed by atoms with E-state index < -0.39 is 12.6 Å².